The van der Waals surface area contributed by atoms with Gasteiger partial charge in [0.25, 0.3) is 5.91 Å². The van der Waals surface area contributed by atoms with Gasteiger partial charge in [0.2, 0.25) is 0 Å². The second-order valence-corrected chi connectivity index (χ2v) is 17.2. The molecular weight excluding hydrogens is 571 g/mol. The number of nitrogens with one attached hydrogen (secondary N) is 1. The summed E-state index contributed by atoms with van der Waals surface area (Å²) in [6.45, 7) is 7.55. The lowest BCUT2D eigenvalue weighted by atomic mass is 9.75. The number of amides is 1. The number of aromatic nitrogens is 1. The Balaban J connectivity index is 1.34. The number of likely N-dealkylation sites (tertiary alicyclic amines) is 1. The van der Waals surface area contributed by atoms with E-state index in [0.29, 0.717) is 10.9 Å². The van der Waals surface area contributed by atoms with Crippen molar-refractivity contribution in [3.05, 3.63) is 47.1 Å². The fourth-order valence-corrected chi connectivity index (χ4v) is 10.5. The molecule has 0 bridgehead atoms. The number of benzene rings is 2. The second-order valence-electron chi connectivity index (χ2n) is 13.3. The lowest BCUT2D eigenvalue weighted by Gasteiger charge is -2.51. The molecule has 220 valence electrons. The van der Waals surface area contributed by atoms with Crippen molar-refractivity contribution >= 4 is 49.8 Å². The molecule has 41 heavy (non-hydrogen) atoms. The highest BCUT2D eigenvalue weighted by Gasteiger charge is 2.47. The fourth-order valence-electron chi connectivity index (χ4n) is 6.67. The van der Waals surface area contributed by atoms with Crippen molar-refractivity contribution in [2.75, 3.05) is 24.6 Å². The predicted octanol–water partition coefficient (Wildman–Crippen LogP) is 6.48. The van der Waals surface area contributed by atoms with Crippen LogP contribution in [-0.2, 0) is 28.2 Å². The number of carbonyl (C=O) groups is 1. The molecule has 6 rings (SSSR count). The van der Waals surface area contributed by atoms with Crippen LogP contribution in [0.3, 0.4) is 0 Å². The molecule has 3 aromatic rings. The number of hydrogen-bond donors (Lipinski definition) is 1. The first-order chi connectivity index (χ1) is 19.6. The maximum Gasteiger partial charge on any atom is 0.282 e. The molecule has 1 unspecified atom stereocenters. The topological polar surface area (TPSA) is 79.4 Å². The van der Waals surface area contributed by atoms with E-state index in [1.807, 2.05) is 49.9 Å². The number of rotatable bonds is 6. The first-order valence-electron chi connectivity index (χ1n) is 15.0. The molecule has 2 saturated heterocycles. The normalized spacial score (nSPS) is 20.8. The molecule has 0 radical (unpaired) electrons. The van der Waals surface area contributed by atoms with Crippen LogP contribution in [0.25, 0.3) is 21.2 Å². The summed E-state index contributed by atoms with van der Waals surface area (Å²) < 4.78 is 28.4. The summed E-state index contributed by atoms with van der Waals surface area (Å²) in [6, 6.07) is 12.2. The van der Waals surface area contributed by atoms with Crippen molar-refractivity contribution in [1.82, 2.24) is 14.6 Å². The third-order valence-corrected chi connectivity index (χ3v) is 12.9. The Morgan fingerprint density at radius 1 is 1.07 bits per heavy atom. The van der Waals surface area contributed by atoms with Crippen molar-refractivity contribution in [2.45, 2.75) is 82.6 Å². The minimum atomic E-state index is -1.36. The van der Waals surface area contributed by atoms with E-state index in [1.54, 1.807) is 0 Å². The highest BCUT2D eigenvalue weighted by atomic mass is 32.2. The second kappa shape index (κ2) is 11.6. The summed E-state index contributed by atoms with van der Waals surface area (Å²) in [4.78, 5) is 22.5. The van der Waals surface area contributed by atoms with Crippen LogP contribution in [0.15, 0.2) is 41.3 Å². The Labute approximate surface area is 252 Å². The third kappa shape index (κ3) is 6.24. The molecule has 1 aliphatic carbocycles. The SMILES string of the molecule is CC(C)(C)NS(=O)c1ccc(-c2sc(C(=O)N3CC4(CCS(=O)CC4)C3)nc2CC2CCCCC2)c2ccccc12. The zero-order valence-corrected chi connectivity index (χ0v) is 26.8. The van der Waals surface area contributed by atoms with Gasteiger partial charge in [-0.05, 0) is 62.8 Å². The molecule has 1 spiro atoms. The minimum Gasteiger partial charge on any atom is -0.335 e. The molecule has 1 saturated carbocycles. The largest absolute Gasteiger partial charge is 0.335 e. The van der Waals surface area contributed by atoms with Gasteiger partial charge in [-0.3, -0.25) is 9.00 Å². The summed E-state index contributed by atoms with van der Waals surface area (Å²) in [5.74, 6) is 2.14. The van der Waals surface area contributed by atoms with Gasteiger partial charge in [0, 0.05) is 51.9 Å². The Morgan fingerprint density at radius 2 is 1.76 bits per heavy atom. The van der Waals surface area contributed by atoms with Gasteiger partial charge in [0.15, 0.2) is 5.01 Å². The molecule has 1 atom stereocenters. The smallest absolute Gasteiger partial charge is 0.282 e. The van der Waals surface area contributed by atoms with Gasteiger partial charge in [0.05, 0.1) is 15.5 Å². The number of carbonyl (C=O) groups excluding carboxylic acids is 1. The Bertz CT molecular complexity index is 1480. The van der Waals surface area contributed by atoms with Gasteiger partial charge in [-0.2, -0.15) is 0 Å². The standard InChI is InChI=1S/C32H41N3O3S3/c1-31(2,3)34-41(38)27-14-13-25(23-11-7-8-12-24(23)27)28-26(19-22-9-5-4-6-10-22)33-29(39-28)30(36)35-20-32(21-35)15-17-40(37)18-16-32/h7-8,11-14,22,34H,4-6,9-10,15-21H2,1-3H3. The third-order valence-electron chi connectivity index (χ3n) is 8.87. The van der Waals surface area contributed by atoms with E-state index in [9.17, 15) is 13.2 Å². The van der Waals surface area contributed by atoms with E-state index < -0.39 is 21.8 Å². The van der Waals surface area contributed by atoms with Crippen LogP contribution in [0.2, 0.25) is 0 Å². The van der Waals surface area contributed by atoms with Crippen molar-refractivity contribution < 1.29 is 13.2 Å². The lowest BCUT2D eigenvalue weighted by Crippen LogP contribution is -2.60. The summed E-state index contributed by atoms with van der Waals surface area (Å²) in [5.41, 5.74) is 1.96. The highest BCUT2D eigenvalue weighted by molar-refractivity contribution is 7.85. The Morgan fingerprint density at radius 3 is 2.44 bits per heavy atom. The summed E-state index contributed by atoms with van der Waals surface area (Å²) in [7, 11) is -2.05. The number of nitrogens with zero attached hydrogens (tertiary/aromatic N) is 2. The van der Waals surface area contributed by atoms with Crippen LogP contribution >= 0.6 is 11.3 Å². The van der Waals surface area contributed by atoms with Crippen molar-refractivity contribution in [3.63, 3.8) is 0 Å². The first kappa shape index (κ1) is 29.1. The zero-order valence-electron chi connectivity index (χ0n) is 24.4. The number of hydrogen-bond acceptors (Lipinski definition) is 5. The monoisotopic (exact) mass is 611 g/mol. The Hall–Kier alpha value is -1.94. The maximum atomic E-state index is 13.7. The summed E-state index contributed by atoms with van der Waals surface area (Å²) in [6.07, 6.45) is 9.05. The fraction of sp³-hybridized carbons (Fsp3) is 0.562. The Kier molecular flexibility index (Phi) is 8.26. The molecule has 1 aromatic heterocycles. The molecular formula is C32H41N3O3S3. The van der Waals surface area contributed by atoms with E-state index in [1.165, 1.54) is 43.4 Å². The molecule has 3 fully saturated rings. The number of thiazole rings is 1. The van der Waals surface area contributed by atoms with Gasteiger partial charge in [0.1, 0.15) is 11.0 Å². The van der Waals surface area contributed by atoms with Crippen LogP contribution in [0.4, 0.5) is 0 Å². The van der Waals surface area contributed by atoms with Gasteiger partial charge < -0.3 is 4.90 Å². The molecule has 9 heteroatoms. The lowest BCUT2D eigenvalue weighted by molar-refractivity contribution is 0.000693. The van der Waals surface area contributed by atoms with Gasteiger partial charge in [-0.25, -0.2) is 13.9 Å². The molecule has 1 N–H and O–H groups in total. The summed E-state index contributed by atoms with van der Waals surface area (Å²) >= 11 is 1.52. The molecule has 2 aliphatic heterocycles. The van der Waals surface area contributed by atoms with Crippen molar-refractivity contribution in [1.29, 1.82) is 0 Å². The van der Waals surface area contributed by atoms with Crippen LogP contribution < -0.4 is 4.72 Å². The van der Waals surface area contributed by atoms with E-state index in [0.717, 1.165) is 75.7 Å². The average molecular weight is 612 g/mol. The molecule has 2 aromatic carbocycles. The molecule has 1 amide bonds. The average Bonchev–Trinajstić information content (AvgIpc) is 3.34. The van der Waals surface area contributed by atoms with Crippen molar-refractivity contribution in [3.8, 4) is 10.4 Å². The number of fused-ring (bicyclic) bond motifs is 1. The van der Waals surface area contributed by atoms with E-state index in [-0.39, 0.29) is 16.9 Å². The van der Waals surface area contributed by atoms with Crippen LogP contribution in [-0.4, -0.2) is 54.3 Å². The van der Waals surface area contributed by atoms with E-state index in [4.69, 9.17) is 4.98 Å². The van der Waals surface area contributed by atoms with E-state index in [2.05, 4.69) is 16.9 Å². The summed E-state index contributed by atoms with van der Waals surface area (Å²) in [5, 5.41) is 2.58. The van der Waals surface area contributed by atoms with Gasteiger partial charge >= 0.3 is 0 Å². The quantitative estimate of drug-likeness (QED) is 0.346. The van der Waals surface area contributed by atoms with Gasteiger partial charge in [-0.1, -0.05) is 62.4 Å². The van der Waals surface area contributed by atoms with Crippen LogP contribution in [0, 0.1) is 11.3 Å². The van der Waals surface area contributed by atoms with Crippen LogP contribution in [0.1, 0.15) is 81.2 Å². The molecule has 6 nitrogen and oxygen atoms in total. The molecule has 3 heterocycles. The maximum absolute atomic E-state index is 13.7. The van der Waals surface area contributed by atoms with Crippen molar-refractivity contribution in [2.24, 2.45) is 11.3 Å². The minimum absolute atomic E-state index is 0.0277. The molecule has 3 aliphatic rings. The van der Waals surface area contributed by atoms with E-state index >= 15 is 0 Å². The van der Waals surface area contributed by atoms with Crippen LogP contribution in [0.5, 0.6) is 0 Å². The highest BCUT2D eigenvalue weighted by Crippen LogP contribution is 2.43. The van der Waals surface area contributed by atoms with Gasteiger partial charge in [-0.15, -0.1) is 11.3 Å². The predicted molar refractivity (Wildman–Crippen MR) is 170 cm³/mol. The zero-order chi connectivity index (χ0) is 28.8. The first-order valence-corrected chi connectivity index (χ1v) is 18.4.